The number of carbonyl (C=O) groups excluding carboxylic acids is 1. The van der Waals surface area contributed by atoms with Gasteiger partial charge in [-0.05, 0) is 37.1 Å². The lowest BCUT2D eigenvalue weighted by atomic mass is 9.92. The van der Waals surface area contributed by atoms with E-state index in [2.05, 4.69) is 5.32 Å². The largest absolute Gasteiger partial charge is 0.386 e. The van der Waals surface area contributed by atoms with Crippen molar-refractivity contribution in [3.05, 3.63) is 71.5 Å². The Kier molecular flexibility index (Phi) is 5.70. The number of nitrogens with one attached hydrogen (secondary N) is 1. The maximum atomic E-state index is 12.9. The number of aliphatic hydroxyl groups excluding tert-OH is 1. The highest BCUT2D eigenvalue weighted by Crippen LogP contribution is 2.24. The predicted molar refractivity (Wildman–Crippen MR) is 89.6 cm³/mol. The monoisotopic (exact) mass is 331 g/mol. The summed E-state index contributed by atoms with van der Waals surface area (Å²) >= 11 is 0. The number of benzene rings is 2. The quantitative estimate of drug-likeness (QED) is 0.762. The molecule has 24 heavy (non-hydrogen) atoms. The molecule has 0 spiro atoms. The minimum atomic E-state index is -1.30. The van der Waals surface area contributed by atoms with Crippen molar-refractivity contribution in [3.63, 3.8) is 0 Å². The third kappa shape index (κ3) is 4.63. The van der Waals surface area contributed by atoms with Crippen molar-refractivity contribution in [1.29, 1.82) is 0 Å². The van der Waals surface area contributed by atoms with E-state index < -0.39 is 17.7 Å². The Morgan fingerprint density at radius 1 is 1.17 bits per heavy atom. The Labute approximate surface area is 141 Å². The van der Waals surface area contributed by atoms with E-state index in [-0.39, 0.29) is 18.1 Å². The molecule has 3 unspecified atom stereocenters. The van der Waals surface area contributed by atoms with E-state index in [1.807, 2.05) is 6.07 Å². The van der Waals surface area contributed by atoms with E-state index in [1.165, 1.54) is 24.3 Å². The summed E-state index contributed by atoms with van der Waals surface area (Å²) < 4.78 is 12.9. The van der Waals surface area contributed by atoms with Gasteiger partial charge in [0.1, 0.15) is 5.82 Å². The van der Waals surface area contributed by atoms with Crippen molar-refractivity contribution < 1.29 is 19.4 Å². The zero-order valence-corrected chi connectivity index (χ0v) is 13.7. The second-order valence-electron chi connectivity index (χ2n) is 6.17. The van der Waals surface area contributed by atoms with Gasteiger partial charge in [-0.25, -0.2) is 4.39 Å². The molecule has 0 fully saturated rings. The van der Waals surface area contributed by atoms with Gasteiger partial charge < -0.3 is 15.5 Å². The number of hydrogen-bond acceptors (Lipinski definition) is 3. The molecule has 0 aliphatic rings. The van der Waals surface area contributed by atoms with Crippen molar-refractivity contribution in [2.24, 2.45) is 0 Å². The lowest BCUT2D eigenvalue weighted by molar-refractivity contribution is -0.127. The van der Waals surface area contributed by atoms with Gasteiger partial charge in [-0.15, -0.1) is 0 Å². The minimum Gasteiger partial charge on any atom is -0.386 e. The molecule has 3 N–H and O–H groups in total. The van der Waals surface area contributed by atoms with Gasteiger partial charge in [-0.2, -0.15) is 0 Å². The van der Waals surface area contributed by atoms with E-state index in [1.54, 1.807) is 38.1 Å². The van der Waals surface area contributed by atoms with Crippen LogP contribution in [0.25, 0.3) is 0 Å². The average molecular weight is 331 g/mol. The lowest BCUT2D eigenvalue weighted by Crippen LogP contribution is -2.40. The van der Waals surface area contributed by atoms with Gasteiger partial charge in [0.25, 0.3) is 0 Å². The van der Waals surface area contributed by atoms with Crippen LogP contribution in [0.2, 0.25) is 0 Å². The van der Waals surface area contributed by atoms with Crippen LogP contribution in [0, 0.1) is 5.82 Å². The van der Waals surface area contributed by atoms with E-state index in [9.17, 15) is 19.4 Å². The molecule has 0 heterocycles. The average Bonchev–Trinajstić information content (AvgIpc) is 2.55. The highest BCUT2D eigenvalue weighted by molar-refractivity contribution is 5.77. The van der Waals surface area contributed by atoms with Crippen LogP contribution in [0.3, 0.4) is 0 Å². The molecule has 2 aromatic rings. The van der Waals surface area contributed by atoms with Crippen LogP contribution in [-0.4, -0.2) is 22.2 Å². The fourth-order valence-electron chi connectivity index (χ4n) is 2.54. The molecule has 0 aromatic heterocycles. The van der Waals surface area contributed by atoms with Crippen LogP contribution < -0.4 is 5.32 Å². The summed E-state index contributed by atoms with van der Waals surface area (Å²) in [5.74, 6) is -0.765. The number of hydrogen-bond donors (Lipinski definition) is 3. The van der Waals surface area contributed by atoms with E-state index in [4.69, 9.17) is 0 Å². The van der Waals surface area contributed by atoms with E-state index in [0.717, 1.165) is 0 Å². The first kappa shape index (κ1) is 18.1. The summed E-state index contributed by atoms with van der Waals surface area (Å²) in [7, 11) is 0. The molecule has 5 heteroatoms. The Bertz CT molecular complexity index is 671. The number of carbonyl (C=O) groups is 1. The summed E-state index contributed by atoms with van der Waals surface area (Å²) in [6.07, 6.45) is -1.09. The maximum absolute atomic E-state index is 12.9. The first-order chi connectivity index (χ1) is 11.3. The van der Waals surface area contributed by atoms with Crippen LogP contribution in [-0.2, 0) is 10.4 Å². The third-order valence-electron chi connectivity index (χ3n) is 3.97. The first-order valence-electron chi connectivity index (χ1n) is 7.80. The van der Waals surface area contributed by atoms with Crippen LogP contribution in [0.15, 0.2) is 54.6 Å². The smallest absolute Gasteiger partial charge is 0.223 e. The second-order valence-corrected chi connectivity index (χ2v) is 6.17. The van der Waals surface area contributed by atoms with E-state index >= 15 is 0 Å². The highest BCUT2D eigenvalue weighted by Gasteiger charge is 2.28. The first-order valence-corrected chi connectivity index (χ1v) is 7.80. The number of aliphatic hydroxyl groups is 2. The molecule has 0 aliphatic heterocycles. The van der Waals surface area contributed by atoms with Gasteiger partial charge in [-0.1, -0.05) is 42.5 Å². The van der Waals surface area contributed by atoms with Crippen LogP contribution in [0.1, 0.15) is 37.5 Å². The predicted octanol–water partition coefficient (Wildman–Crippen LogP) is 2.66. The molecule has 0 saturated carbocycles. The van der Waals surface area contributed by atoms with Crippen molar-refractivity contribution in [3.8, 4) is 0 Å². The normalized spacial score (nSPS) is 16.0. The molecule has 0 bridgehead atoms. The summed E-state index contributed by atoms with van der Waals surface area (Å²) in [6, 6.07) is 13.8. The van der Waals surface area contributed by atoms with Crippen molar-refractivity contribution in [2.75, 3.05) is 0 Å². The minimum absolute atomic E-state index is 0.127. The topological polar surface area (TPSA) is 69.6 Å². The van der Waals surface area contributed by atoms with Crippen LogP contribution in [0.5, 0.6) is 0 Å². The van der Waals surface area contributed by atoms with Crippen molar-refractivity contribution in [2.45, 2.75) is 38.0 Å². The maximum Gasteiger partial charge on any atom is 0.223 e. The zero-order chi connectivity index (χ0) is 17.7. The Hall–Kier alpha value is -2.24. The van der Waals surface area contributed by atoms with Gasteiger partial charge in [-0.3, -0.25) is 4.79 Å². The third-order valence-corrected chi connectivity index (χ3v) is 3.97. The van der Waals surface area contributed by atoms with Gasteiger partial charge >= 0.3 is 0 Å². The molecule has 1 amide bonds. The molecular formula is C19H22FNO3. The summed E-state index contributed by atoms with van der Waals surface area (Å²) in [6.45, 7) is 3.23. The molecule has 0 radical (unpaired) electrons. The Morgan fingerprint density at radius 2 is 1.75 bits per heavy atom. The van der Waals surface area contributed by atoms with Crippen molar-refractivity contribution in [1.82, 2.24) is 5.32 Å². The van der Waals surface area contributed by atoms with E-state index in [0.29, 0.717) is 11.1 Å². The molecular weight excluding hydrogens is 309 g/mol. The molecule has 4 nitrogen and oxygen atoms in total. The van der Waals surface area contributed by atoms with Gasteiger partial charge in [0, 0.05) is 0 Å². The van der Waals surface area contributed by atoms with Crippen LogP contribution >= 0.6 is 0 Å². The lowest BCUT2D eigenvalue weighted by Gasteiger charge is -2.26. The standard InChI is InChI=1S/C19H22FNO3/c1-13(18(23)14-8-10-16(20)11-9-14)21-17(22)12-19(2,24)15-6-4-3-5-7-15/h3-11,13,18,23-24H,12H2,1-2H3,(H,21,22). The number of rotatable bonds is 6. The van der Waals surface area contributed by atoms with Gasteiger partial charge in [0.2, 0.25) is 5.91 Å². The fourth-order valence-corrected chi connectivity index (χ4v) is 2.54. The molecule has 0 aliphatic carbocycles. The van der Waals surface area contributed by atoms with Crippen LogP contribution in [0.4, 0.5) is 4.39 Å². The zero-order valence-electron chi connectivity index (χ0n) is 13.7. The Morgan fingerprint density at radius 3 is 2.33 bits per heavy atom. The molecule has 2 aromatic carbocycles. The fraction of sp³-hybridized carbons (Fsp3) is 0.316. The molecule has 3 atom stereocenters. The highest BCUT2D eigenvalue weighted by atomic mass is 19.1. The van der Waals surface area contributed by atoms with Gasteiger partial charge in [0.05, 0.1) is 24.2 Å². The molecule has 0 saturated heterocycles. The molecule has 2 rings (SSSR count). The van der Waals surface area contributed by atoms with Crippen molar-refractivity contribution >= 4 is 5.91 Å². The number of amides is 1. The molecule has 128 valence electrons. The Balaban J connectivity index is 1.97. The second kappa shape index (κ2) is 7.55. The number of halogens is 1. The summed E-state index contributed by atoms with van der Waals surface area (Å²) in [4.78, 5) is 12.2. The summed E-state index contributed by atoms with van der Waals surface area (Å²) in [5.41, 5.74) is -0.141. The summed E-state index contributed by atoms with van der Waals surface area (Å²) in [5, 5.41) is 23.4. The SMILES string of the molecule is CC(NC(=O)CC(C)(O)c1ccccc1)C(O)c1ccc(F)cc1. The van der Waals surface area contributed by atoms with Gasteiger partial charge in [0.15, 0.2) is 0 Å².